The van der Waals surface area contributed by atoms with Crippen LogP contribution in [-0.4, -0.2) is 30.6 Å². The molecule has 29 heavy (non-hydrogen) atoms. The van der Waals surface area contributed by atoms with Crippen LogP contribution in [0.3, 0.4) is 0 Å². The van der Waals surface area contributed by atoms with Crippen molar-refractivity contribution >= 4 is 25.6 Å². The quantitative estimate of drug-likeness (QED) is 0.408. The summed E-state index contributed by atoms with van der Waals surface area (Å²) in [7, 11) is -2.33. The molecule has 0 saturated heterocycles. The van der Waals surface area contributed by atoms with Crippen LogP contribution in [0.4, 0.5) is 4.39 Å². The smallest absolute Gasteiger partial charge is 0.358 e. The Morgan fingerprint density at radius 2 is 1.62 bits per heavy atom. The zero-order valence-corrected chi connectivity index (χ0v) is 20.0. The topological polar surface area (TPSA) is 60.8 Å². The summed E-state index contributed by atoms with van der Waals surface area (Å²) in [6.07, 6.45) is 1.49. The monoisotopic (exact) mass is 420 g/mol. The Kier molecular flexibility index (Phi) is 6.72. The minimum Gasteiger partial charge on any atom is -0.529 e. The maximum absolute atomic E-state index is 14.6. The number of carbonyl (C=O) groups excluding carboxylic acids is 1. The van der Waals surface area contributed by atoms with E-state index in [9.17, 15) is 9.18 Å². The van der Waals surface area contributed by atoms with Crippen LogP contribution >= 0.6 is 0 Å². The zero-order valence-electron chi connectivity index (χ0n) is 19.0. The van der Waals surface area contributed by atoms with Crippen LogP contribution in [0.2, 0.25) is 16.6 Å². The maximum Gasteiger partial charge on any atom is 0.358 e. The minimum atomic E-state index is -2.33. The fraction of sp³-hybridized carbons (Fsp3) is 0.591. The van der Waals surface area contributed by atoms with E-state index >= 15 is 0 Å². The van der Waals surface area contributed by atoms with Gasteiger partial charge in [-0.25, -0.2) is 14.2 Å². The third kappa shape index (κ3) is 4.60. The molecule has 0 N–H and O–H groups in total. The van der Waals surface area contributed by atoms with Crippen LogP contribution in [-0.2, 0) is 14.0 Å². The highest BCUT2D eigenvalue weighted by Crippen LogP contribution is 2.46. The summed E-state index contributed by atoms with van der Waals surface area (Å²) in [4.78, 5) is 21.2. The van der Waals surface area contributed by atoms with Gasteiger partial charge in [-0.2, -0.15) is 0 Å². The molecule has 0 bridgehead atoms. The van der Waals surface area contributed by atoms with Gasteiger partial charge in [0.05, 0.1) is 5.57 Å². The van der Waals surface area contributed by atoms with Crippen molar-refractivity contribution in [3.05, 3.63) is 35.7 Å². The molecule has 0 aliphatic carbocycles. The fourth-order valence-corrected chi connectivity index (χ4v) is 9.30. The van der Waals surface area contributed by atoms with Gasteiger partial charge >= 0.3 is 5.97 Å². The van der Waals surface area contributed by atoms with E-state index in [4.69, 9.17) is 9.16 Å². The second-order valence-electron chi connectivity index (χ2n) is 9.40. The number of aliphatic imine (C=N–C) groups is 1. The number of rotatable bonds is 7. The highest BCUT2D eigenvalue weighted by atomic mass is 28.4. The van der Waals surface area contributed by atoms with Gasteiger partial charge in [-0.3, -0.25) is 4.98 Å². The molecule has 5 nitrogen and oxygen atoms in total. The normalized spacial score (nSPS) is 15.0. The summed E-state index contributed by atoms with van der Waals surface area (Å²) in [5, 5.41) is 0. The lowest BCUT2D eigenvalue weighted by atomic mass is 10.0. The van der Waals surface area contributed by atoms with Crippen molar-refractivity contribution in [1.29, 1.82) is 0 Å². The van der Waals surface area contributed by atoms with E-state index in [-0.39, 0.29) is 11.4 Å². The molecular formula is C22H33FN2O3Si. The molecule has 0 radical (unpaired) electrons. The van der Waals surface area contributed by atoms with Crippen molar-refractivity contribution in [3.8, 4) is 0 Å². The number of hydrogen-bond acceptors (Lipinski definition) is 5. The summed E-state index contributed by atoms with van der Waals surface area (Å²) in [5.74, 6) is -0.826. The first kappa shape index (κ1) is 23.3. The Morgan fingerprint density at radius 3 is 2.07 bits per heavy atom. The first-order chi connectivity index (χ1) is 13.3. The van der Waals surface area contributed by atoms with E-state index in [1.165, 1.54) is 18.3 Å². The Bertz CT molecular complexity index is 817. The summed E-state index contributed by atoms with van der Waals surface area (Å²) in [6, 6.07) is 2.83. The standard InChI is InChI=1S/C22H33FN2O3Si/c1-13(2)29(14(3)4,15(5)6)28-20-17(18-16(23)11-10-12-24-18)19(25-20)21(26)27-22(7,8)9/h10-15H,1-9H3. The number of ether oxygens (including phenoxy) is 1. The maximum atomic E-state index is 14.6. The van der Waals surface area contributed by atoms with E-state index in [1.807, 2.05) is 0 Å². The van der Waals surface area contributed by atoms with Gasteiger partial charge in [-0.1, -0.05) is 41.5 Å². The Labute approximate surface area is 174 Å². The van der Waals surface area contributed by atoms with Crippen LogP contribution in [0.5, 0.6) is 0 Å². The van der Waals surface area contributed by atoms with Gasteiger partial charge in [0, 0.05) is 6.20 Å². The number of hydrogen-bond donors (Lipinski definition) is 0. The molecule has 2 rings (SSSR count). The Balaban J connectivity index is 2.54. The summed E-state index contributed by atoms with van der Waals surface area (Å²) in [5.41, 5.74) is 0.679. The molecule has 0 atom stereocenters. The van der Waals surface area contributed by atoms with Crippen molar-refractivity contribution in [2.45, 2.75) is 84.5 Å². The van der Waals surface area contributed by atoms with Crippen LogP contribution in [0.15, 0.2) is 29.2 Å². The van der Waals surface area contributed by atoms with Gasteiger partial charge in [0.25, 0.3) is 8.32 Å². The van der Waals surface area contributed by atoms with Gasteiger partial charge in [0.1, 0.15) is 17.1 Å². The Morgan fingerprint density at radius 1 is 1.07 bits per heavy atom. The SMILES string of the molecule is CC(C)[Si](OC1=C(c2ncccc2F)C(C(=O)OC(C)(C)C)=N1)(C(C)C)C(C)C. The molecule has 1 aromatic heterocycles. The predicted octanol–water partition coefficient (Wildman–Crippen LogP) is 5.88. The van der Waals surface area contributed by atoms with Gasteiger partial charge in [-0.05, 0) is 49.5 Å². The number of nitrogens with zero attached hydrogens (tertiary/aromatic N) is 2. The third-order valence-corrected chi connectivity index (χ3v) is 11.2. The highest BCUT2D eigenvalue weighted by molar-refractivity contribution is 6.78. The van der Waals surface area contributed by atoms with E-state index in [2.05, 4.69) is 51.5 Å². The van der Waals surface area contributed by atoms with Crippen molar-refractivity contribution in [2.24, 2.45) is 4.99 Å². The number of halogens is 1. The average molecular weight is 421 g/mol. The highest BCUT2D eigenvalue weighted by Gasteiger charge is 2.49. The second-order valence-corrected chi connectivity index (χ2v) is 14.8. The number of carbonyl (C=O) groups is 1. The van der Waals surface area contributed by atoms with Crippen LogP contribution in [0, 0.1) is 5.82 Å². The lowest BCUT2D eigenvalue weighted by molar-refractivity contribution is -0.146. The molecule has 7 heteroatoms. The van der Waals surface area contributed by atoms with Crippen molar-refractivity contribution in [3.63, 3.8) is 0 Å². The van der Waals surface area contributed by atoms with E-state index < -0.39 is 25.7 Å². The lowest BCUT2D eigenvalue weighted by Gasteiger charge is -2.43. The summed E-state index contributed by atoms with van der Waals surface area (Å²) >= 11 is 0. The summed E-state index contributed by atoms with van der Waals surface area (Å²) < 4.78 is 26.6. The van der Waals surface area contributed by atoms with Crippen molar-refractivity contribution in [2.75, 3.05) is 0 Å². The largest absolute Gasteiger partial charge is 0.529 e. The predicted molar refractivity (Wildman–Crippen MR) is 117 cm³/mol. The van der Waals surface area contributed by atoms with Crippen LogP contribution in [0.1, 0.15) is 68.0 Å². The van der Waals surface area contributed by atoms with E-state index in [0.717, 1.165) is 0 Å². The van der Waals surface area contributed by atoms with Crippen LogP contribution < -0.4 is 0 Å². The molecule has 0 unspecified atom stereocenters. The molecule has 160 valence electrons. The number of pyridine rings is 1. The third-order valence-electron chi connectivity index (χ3n) is 5.23. The number of esters is 1. The molecule has 0 spiro atoms. The number of aromatic nitrogens is 1. The average Bonchev–Trinajstić information content (AvgIpc) is 2.53. The van der Waals surface area contributed by atoms with Crippen molar-refractivity contribution < 1.29 is 18.3 Å². The molecule has 1 aliphatic heterocycles. The van der Waals surface area contributed by atoms with E-state index in [0.29, 0.717) is 28.1 Å². The van der Waals surface area contributed by atoms with Crippen LogP contribution in [0.25, 0.3) is 5.57 Å². The fourth-order valence-electron chi connectivity index (χ4n) is 4.11. The molecule has 2 heterocycles. The second kappa shape index (κ2) is 8.38. The lowest BCUT2D eigenvalue weighted by Crippen LogP contribution is -2.48. The first-order valence-electron chi connectivity index (χ1n) is 10.2. The van der Waals surface area contributed by atoms with E-state index in [1.54, 1.807) is 20.8 Å². The molecule has 1 aromatic rings. The summed E-state index contributed by atoms with van der Waals surface area (Å²) in [6.45, 7) is 18.3. The molecule has 0 fully saturated rings. The van der Waals surface area contributed by atoms with Gasteiger partial charge in [0.15, 0.2) is 5.71 Å². The Hall–Kier alpha value is -2.02. The van der Waals surface area contributed by atoms with Crippen molar-refractivity contribution in [1.82, 2.24) is 4.98 Å². The zero-order chi connectivity index (χ0) is 22.1. The molecular weight excluding hydrogens is 387 g/mol. The molecule has 0 saturated carbocycles. The molecule has 0 amide bonds. The molecule has 0 aromatic carbocycles. The van der Waals surface area contributed by atoms with Gasteiger partial charge < -0.3 is 9.16 Å². The van der Waals surface area contributed by atoms with Gasteiger partial charge in [-0.15, -0.1) is 0 Å². The molecule has 1 aliphatic rings. The minimum absolute atomic E-state index is 0.0618. The van der Waals surface area contributed by atoms with Gasteiger partial charge in [0.2, 0.25) is 5.88 Å². The first-order valence-corrected chi connectivity index (χ1v) is 12.3.